The van der Waals surface area contributed by atoms with E-state index in [2.05, 4.69) is 0 Å². The number of amides is 1. The summed E-state index contributed by atoms with van der Waals surface area (Å²) >= 11 is 0. The molecule has 2 heterocycles. The van der Waals surface area contributed by atoms with E-state index in [-0.39, 0.29) is 24.8 Å². The second-order valence-electron chi connectivity index (χ2n) is 7.22. The maximum Gasteiger partial charge on any atom is 0.416 e. The van der Waals surface area contributed by atoms with Gasteiger partial charge in [0.15, 0.2) is 0 Å². The third-order valence-electron chi connectivity index (χ3n) is 5.37. The Balaban J connectivity index is 1.49. The van der Waals surface area contributed by atoms with Crippen LogP contribution in [0, 0.1) is 0 Å². The van der Waals surface area contributed by atoms with Crippen molar-refractivity contribution in [2.45, 2.75) is 44.1 Å². The van der Waals surface area contributed by atoms with Crippen molar-refractivity contribution in [3.05, 3.63) is 77.4 Å². The lowest BCUT2D eigenvalue weighted by atomic mass is 9.94. The third-order valence-corrected chi connectivity index (χ3v) is 5.37. The quantitative estimate of drug-likeness (QED) is 0.680. The molecule has 1 amide bonds. The number of carbonyl (C=O) groups excluding carboxylic acids is 1. The van der Waals surface area contributed by atoms with Gasteiger partial charge in [-0.15, -0.1) is 0 Å². The van der Waals surface area contributed by atoms with Gasteiger partial charge in [0.2, 0.25) is 0 Å². The molecule has 0 N–H and O–H groups in total. The molecular weight excluding hydrogens is 367 g/mol. The van der Waals surface area contributed by atoms with E-state index in [0.29, 0.717) is 12.0 Å². The summed E-state index contributed by atoms with van der Waals surface area (Å²) in [6.45, 7) is 0.208. The smallest absolute Gasteiger partial charge is 0.416 e. The molecule has 6 heteroatoms. The Bertz CT molecular complexity index is 892. The van der Waals surface area contributed by atoms with Gasteiger partial charge in [-0.25, -0.2) is 4.79 Å². The zero-order valence-electron chi connectivity index (χ0n) is 15.2. The van der Waals surface area contributed by atoms with Crippen molar-refractivity contribution in [1.29, 1.82) is 0 Å². The van der Waals surface area contributed by atoms with Crippen LogP contribution in [0.1, 0.15) is 36.0 Å². The zero-order chi connectivity index (χ0) is 19.7. The lowest BCUT2D eigenvalue weighted by Crippen LogP contribution is -2.43. The van der Waals surface area contributed by atoms with Gasteiger partial charge in [-0.05, 0) is 48.1 Å². The van der Waals surface area contributed by atoms with E-state index in [1.807, 2.05) is 36.4 Å². The van der Waals surface area contributed by atoms with Crippen molar-refractivity contribution in [1.82, 2.24) is 4.90 Å². The van der Waals surface area contributed by atoms with Crippen LogP contribution in [-0.2, 0) is 17.5 Å². The first-order valence-corrected chi connectivity index (χ1v) is 9.29. The molecule has 2 bridgehead atoms. The molecule has 1 fully saturated rings. The third kappa shape index (κ3) is 3.77. The average Bonchev–Trinajstić information content (AvgIpc) is 2.96. The largest absolute Gasteiger partial charge is 0.445 e. The summed E-state index contributed by atoms with van der Waals surface area (Å²) in [5, 5.41) is 0. The summed E-state index contributed by atoms with van der Waals surface area (Å²) in [5.74, 6) is 0. The van der Waals surface area contributed by atoms with Crippen molar-refractivity contribution in [2.24, 2.45) is 0 Å². The van der Waals surface area contributed by atoms with Crippen LogP contribution in [0.3, 0.4) is 0 Å². The minimum Gasteiger partial charge on any atom is -0.445 e. The van der Waals surface area contributed by atoms with E-state index in [4.69, 9.17) is 4.74 Å². The second-order valence-corrected chi connectivity index (χ2v) is 7.22. The van der Waals surface area contributed by atoms with Crippen molar-refractivity contribution in [3.63, 3.8) is 0 Å². The topological polar surface area (TPSA) is 29.5 Å². The van der Waals surface area contributed by atoms with Gasteiger partial charge in [-0.2, -0.15) is 13.2 Å². The Morgan fingerprint density at radius 3 is 2.57 bits per heavy atom. The Labute approximate surface area is 161 Å². The minimum absolute atomic E-state index is 0.0391. The van der Waals surface area contributed by atoms with E-state index in [9.17, 15) is 18.0 Å². The van der Waals surface area contributed by atoms with Crippen molar-refractivity contribution >= 4 is 11.7 Å². The van der Waals surface area contributed by atoms with E-state index in [0.717, 1.165) is 30.0 Å². The molecule has 2 aromatic rings. The summed E-state index contributed by atoms with van der Waals surface area (Å²) in [6.07, 6.45) is -0.647. The molecule has 2 aromatic carbocycles. The maximum atomic E-state index is 13.0. The van der Waals surface area contributed by atoms with E-state index >= 15 is 0 Å². The van der Waals surface area contributed by atoms with Gasteiger partial charge in [0.1, 0.15) is 6.61 Å². The number of rotatable bonds is 3. The summed E-state index contributed by atoms with van der Waals surface area (Å²) < 4.78 is 44.5. The highest BCUT2D eigenvalue weighted by atomic mass is 19.4. The predicted molar refractivity (Wildman–Crippen MR) is 99.3 cm³/mol. The lowest BCUT2D eigenvalue weighted by molar-refractivity contribution is -0.137. The molecule has 0 saturated carbocycles. The maximum absolute atomic E-state index is 13.0. The predicted octanol–water partition coefficient (Wildman–Crippen LogP) is 5.66. The number of ether oxygens (including phenoxy) is 1. The first kappa shape index (κ1) is 18.6. The van der Waals surface area contributed by atoms with Gasteiger partial charge in [0.25, 0.3) is 0 Å². The van der Waals surface area contributed by atoms with Crippen LogP contribution in [0.5, 0.6) is 0 Å². The van der Waals surface area contributed by atoms with E-state index in [1.54, 1.807) is 11.0 Å². The summed E-state index contributed by atoms with van der Waals surface area (Å²) in [6, 6.07) is 14.7. The fraction of sp³-hybridized carbons (Fsp3) is 0.318. The van der Waals surface area contributed by atoms with Gasteiger partial charge in [-0.1, -0.05) is 48.5 Å². The van der Waals surface area contributed by atoms with Gasteiger partial charge >= 0.3 is 12.3 Å². The highest BCUT2D eigenvalue weighted by molar-refractivity contribution is 5.75. The van der Waals surface area contributed by atoms with Crippen molar-refractivity contribution in [2.75, 3.05) is 0 Å². The molecule has 0 aliphatic carbocycles. The molecule has 0 radical (unpaired) electrons. The first-order valence-electron chi connectivity index (χ1n) is 9.29. The molecule has 28 heavy (non-hydrogen) atoms. The molecule has 2 unspecified atom stereocenters. The van der Waals surface area contributed by atoms with Gasteiger partial charge < -0.3 is 4.74 Å². The molecule has 146 valence electrons. The Morgan fingerprint density at radius 2 is 1.86 bits per heavy atom. The van der Waals surface area contributed by atoms with Crippen LogP contribution < -0.4 is 0 Å². The molecule has 1 saturated heterocycles. The summed E-state index contributed by atoms with van der Waals surface area (Å²) in [7, 11) is 0. The standard InChI is InChI=1S/C22H20F3NO2/c23-22(24,25)18-8-4-7-16(11-18)17-12-19-9-10-20(13-17)26(19)21(27)28-14-15-5-2-1-3-6-15/h1-8,11-12,19-20H,9-10,13-14H2. The molecule has 2 aliphatic rings. The monoisotopic (exact) mass is 387 g/mol. The first-order chi connectivity index (χ1) is 13.4. The van der Waals surface area contributed by atoms with Crippen LogP contribution >= 0.6 is 0 Å². The zero-order valence-corrected chi connectivity index (χ0v) is 15.2. The SMILES string of the molecule is O=C(OCc1ccccc1)N1C2C=C(c3cccc(C(F)(F)F)c3)CC1CC2. The van der Waals surface area contributed by atoms with Crippen LogP contribution in [0.15, 0.2) is 60.7 Å². The molecule has 0 aromatic heterocycles. The Morgan fingerprint density at radius 1 is 1.07 bits per heavy atom. The minimum atomic E-state index is -4.36. The van der Waals surface area contributed by atoms with Gasteiger partial charge in [-0.3, -0.25) is 4.90 Å². The fourth-order valence-corrected chi connectivity index (χ4v) is 4.02. The van der Waals surface area contributed by atoms with Crippen LogP contribution in [0.4, 0.5) is 18.0 Å². The Kier molecular flexibility index (Phi) is 4.87. The highest BCUT2D eigenvalue weighted by Crippen LogP contribution is 2.40. The molecule has 3 nitrogen and oxygen atoms in total. The normalized spacial score (nSPS) is 21.4. The number of fused-ring (bicyclic) bond motifs is 2. The van der Waals surface area contributed by atoms with Crippen molar-refractivity contribution < 1.29 is 22.7 Å². The van der Waals surface area contributed by atoms with Crippen LogP contribution in [0.2, 0.25) is 0 Å². The number of nitrogens with zero attached hydrogens (tertiary/aromatic N) is 1. The molecule has 2 atom stereocenters. The highest BCUT2D eigenvalue weighted by Gasteiger charge is 2.41. The number of hydrogen-bond acceptors (Lipinski definition) is 2. The molecule has 0 spiro atoms. The van der Waals surface area contributed by atoms with Crippen LogP contribution in [-0.4, -0.2) is 23.1 Å². The average molecular weight is 387 g/mol. The second kappa shape index (κ2) is 7.34. The summed E-state index contributed by atoms with van der Waals surface area (Å²) in [4.78, 5) is 14.3. The summed E-state index contributed by atoms with van der Waals surface area (Å²) in [5.41, 5.74) is 1.71. The Hall–Kier alpha value is -2.76. The van der Waals surface area contributed by atoms with E-state index in [1.165, 1.54) is 12.1 Å². The van der Waals surface area contributed by atoms with Crippen LogP contribution in [0.25, 0.3) is 5.57 Å². The van der Waals surface area contributed by atoms with E-state index < -0.39 is 11.7 Å². The molecule has 4 rings (SSSR count). The molecule has 2 aliphatic heterocycles. The van der Waals surface area contributed by atoms with Crippen molar-refractivity contribution in [3.8, 4) is 0 Å². The number of hydrogen-bond donors (Lipinski definition) is 0. The van der Waals surface area contributed by atoms with Gasteiger partial charge in [0.05, 0.1) is 11.6 Å². The fourth-order valence-electron chi connectivity index (χ4n) is 4.02. The number of carbonyl (C=O) groups is 1. The number of halogens is 3. The number of alkyl halides is 3. The lowest BCUT2D eigenvalue weighted by Gasteiger charge is -2.33. The van der Waals surface area contributed by atoms with Gasteiger partial charge in [0, 0.05) is 6.04 Å². The molecular formula is C22H20F3NO2. The number of benzene rings is 2.